The number of nitrogens with one attached hydrogen (secondary N) is 1. The molecule has 2 aromatic rings. The van der Waals surface area contributed by atoms with Crippen molar-refractivity contribution in [3.63, 3.8) is 0 Å². The maximum atomic E-state index is 4.50. The average molecular weight is 249 g/mol. The molecular formula is C13H19N3S. The van der Waals surface area contributed by atoms with Crippen LogP contribution in [0.3, 0.4) is 0 Å². The van der Waals surface area contributed by atoms with Gasteiger partial charge in [-0.25, -0.2) is 4.98 Å². The summed E-state index contributed by atoms with van der Waals surface area (Å²) in [6.45, 7) is 6.19. The summed E-state index contributed by atoms with van der Waals surface area (Å²) >= 11 is 1.75. The van der Waals surface area contributed by atoms with Crippen LogP contribution in [0.4, 0.5) is 5.95 Å². The van der Waals surface area contributed by atoms with E-state index < -0.39 is 0 Å². The number of hydrogen-bond acceptors (Lipinski definition) is 3. The molecule has 1 N–H and O–H groups in total. The molecule has 0 aromatic carbocycles. The zero-order valence-corrected chi connectivity index (χ0v) is 11.3. The van der Waals surface area contributed by atoms with Crippen molar-refractivity contribution in [3.05, 3.63) is 34.3 Å². The number of aryl methyl sites for hydroxylation is 2. The summed E-state index contributed by atoms with van der Waals surface area (Å²) in [5.41, 5.74) is 2.48. The molecule has 92 valence electrons. The van der Waals surface area contributed by atoms with E-state index in [1.54, 1.807) is 11.3 Å². The fraction of sp³-hybridized carbons (Fsp3) is 0.462. The van der Waals surface area contributed by atoms with Gasteiger partial charge in [-0.2, -0.15) is 11.3 Å². The summed E-state index contributed by atoms with van der Waals surface area (Å²) in [5, 5.41) is 7.74. The Hall–Kier alpha value is -1.29. The minimum Gasteiger partial charge on any atom is -0.355 e. The molecule has 4 heteroatoms. The fourth-order valence-corrected chi connectivity index (χ4v) is 2.56. The van der Waals surface area contributed by atoms with Crippen LogP contribution in [0.25, 0.3) is 0 Å². The maximum absolute atomic E-state index is 4.50. The molecule has 0 unspecified atom stereocenters. The third-order valence-electron chi connectivity index (χ3n) is 2.64. The Balaban J connectivity index is 1.89. The van der Waals surface area contributed by atoms with Gasteiger partial charge < -0.3 is 9.88 Å². The number of nitrogens with zero attached hydrogens (tertiary/aromatic N) is 2. The van der Waals surface area contributed by atoms with Crippen molar-refractivity contribution in [3.8, 4) is 0 Å². The fourth-order valence-electron chi connectivity index (χ4n) is 1.85. The molecule has 0 aliphatic carbocycles. The number of hydrogen-bond donors (Lipinski definition) is 1. The van der Waals surface area contributed by atoms with E-state index in [0.29, 0.717) is 0 Å². The zero-order valence-electron chi connectivity index (χ0n) is 10.4. The van der Waals surface area contributed by atoms with Crippen LogP contribution in [0.2, 0.25) is 0 Å². The molecule has 2 aromatic heterocycles. The van der Waals surface area contributed by atoms with Crippen molar-refractivity contribution < 1.29 is 0 Å². The summed E-state index contributed by atoms with van der Waals surface area (Å²) in [6.07, 6.45) is 4.30. The zero-order chi connectivity index (χ0) is 12.1. The Morgan fingerprint density at radius 3 is 3.06 bits per heavy atom. The predicted molar refractivity (Wildman–Crippen MR) is 73.8 cm³/mol. The molecular weight excluding hydrogens is 230 g/mol. The minimum absolute atomic E-state index is 0.941. The highest BCUT2D eigenvalue weighted by Gasteiger charge is 2.03. The highest BCUT2D eigenvalue weighted by molar-refractivity contribution is 7.07. The molecule has 0 radical (unpaired) electrons. The molecule has 2 rings (SSSR count). The molecule has 0 atom stereocenters. The Morgan fingerprint density at radius 1 is 1.47 bits per heavy atom. The van der Waals surface area contributed by atoms with Crippen LogP contribution in [0.1, 0.15) is 24.6 Å². The Bertz CT molecular complexity index is 445. The van der Waals surface area contributed by atoms with E-state index in [1.807, 2.05) is 6.92 Å². The second-order valence-corrected chi connectivity index (χ2v) is 4.99. The van der Waals surface area contributed by atoms with Crippen molar-refractivity contribution in [1.29, 1.82) is 0 Å². The van der Waals surface area contributed by atoms with Gasteiger partial charge >= 0.3 is 0 Å². The van der Waals surface area contributed by atoms with Crippen LogP contribution in [0, 0.1) is 6.92 Å². The molecule has 0 saturated heterocycles. The average Bonchev–Trinajstić information content (AvgIpc) is 2.90. The van der Waals surface area contributed by atoms with E-state index in [1.165, 1.54) is 5.56 Å². The van der Waals surface area contributed by atoms with Gasteiger partial charge in [-0.15, -0.1) is 0 Å². The van der Waals surface area contributed by atoms with Gasteiger partial charge in [0.25, 0.3) is 0 Å². The largest absolute Gasteiger partial charge is 0.355 e. The topological polar surface area (TPSA) is 29.9 Å². The van der Waals surface area contributed by atoms with E-state index in [0.717, 1.165) is 37.6 Å². The van der Waals surface area contributed by atoms with Gasteiger partial charge in [-0.05, 0) is 42.2 Å². The second kappa shape index (κ2) is 5.87. The van der Waals surface area contributed by atoms with E-state index in [4.69, 9.17) is 0 Å². The van der Waals surface area contributed by atoms with Gasteiger partial charge in [0.05, 0.1) is 5.69 Å². The van der Waals surface area contributed by atoms with Crippen molar-refractivity contribution in [2.75, 3.05) is 11.9 Å². The lowest BCUT2D eigenvalue weighted by Crippen LogP contribution is -2.10. The lowest BCUT2D eigenvalue weighted by atomic mass is 10.2. The first-order chi connectivity index (χ1) is 8.29. The van der Waals surface area contributed by atoms with Gasteiger partial charge in [0.15, 0.2) is 0 Å². The molecule has 0 aliphatic heterocycles. The van der Waals surface area contributed by atoms with Crippen LogP contribution in [-0.2, 0) is 13.0 Å². The van der Waals surface area contributed by atoms with Crippen molar-refractivity contribution >= 4 is 17.3 Å². The molecule has 0 amide bonds. The van der Waals surface area contributed by atoms with Gasteiger partial charge in [-0.3, -0.25) is 0 Å². The molecule has 0 aliphatic rings. The summed E-state index contributed by atoms with van der Waals surface area (Å²) < 4.78 is 2.20. The lowest BCUT2D eigenvalue weighted by Gasteiger charge is -2.07. The van der Waals surface area contributed by atoms with Crippen LogP contribution >= 0.6 is 11.3 Å². The van der Waals surface area contributed by atoms with E-state index in [2.05, 4.69) is 44.8 Å². The quantitative estimate of drug-likeness (QED) is 0.851. The lowest BCUT2D eigenvalue weighted by molar-refractivity contribution is 0.681. The van der Waals surface area contributed by atoms with Crippen molar-refractivity contribution in [1.82, 2.24) is 9.55 Å². The number of aromatic nitrogens is 2. The molecule has 0 bridgehead atoms. The first-order valence-electron chi connectivity index (χ1n) is 6.08. The van der Waals surface area contributed by atoms with E-state index in [-0.39, 0.29) is 0 Å². The molecule has 17 heavy (non-hydrogen) atoms. The van der Waals surface area contributed by atoms with Gasteiger partial charge in [0.1, 0.15) is 0 Å². The standard InChI is InChI=1S/C13H19N3S/c1-3-7-16-9-11(2)15-13(16)14-6-4-12-5-8-17-10-12/h5,8-10H,3-4,6-7H2,1-2H3,(H,14,15). The third kappa shape index (κ3) is 3.33. The summed E-state index contributed by atoms with van der Waals surface area (Å²) in [7, 11) is 0. The van der Waals surface area contributed by atoms with Gasteiger partial charge in [0.2, 0.25) is 5.95 Å². The van der Waals surface area contributed by atoms with Crippen molar-refractivity contribution in [2.24, 2.45) is 0 Å². The van der Waals surface area contributed by atoms with Crippen LogP contribution in [-0.4, -0.2) is 16.1 Å². The highest BCUT2D eigenvalue weighted by Crippen LogP contribution is 2.10. The summed E-state index contributed by atoms with van der Waals surface area (Å²) in [6, 6.07) is 2.18. The highest BCUT2D eigenvalue weighted by atomic mass is 32.1. The maximum Gasteiger partial charge on any atom is 0.203 e. The molecule has 0 fully saturated rings. The third-order valence-corrected chi connectivity index (χ3v) is 3.37. The first kappa shape index (κ1) is 12.2. The van der Waals surface area contributed by atoms with E-state index in [9.17, 15) is 0 Å². The van der Waals surface area contributed by atoms with Crippen LogP contribution < -0.4 is 5.32 Å². The SMILES string of the molecule is CCCn1cc(C)nc1NCCc1ccsc1. The Kier molecular flexibility index (Phi) is 4.20. The normalized spacial score (nSPS) is 10.7. The molecule has 3 nitrogen and oxygen atoms in total. The van der Waals surface area contributed by atoms with E-state index >= 15 is 0 Å². The Morgan fingerprint density at radius 2 is 2.35 bits per heavy atom. The monoisotopic (exact) mass is 249 g/mol. The number of rotatable bonds is 6. The van der Waals surface area contributed by atoms with Crippen LogP contribution in [0.15, 0.2) is 23.0 Å². The first-order valence-corrected chi connectivity index (χ1v) is 7.02. The number of thiophene rings is 1. The Labute approximate surface area is 107 Å². The van der Waals surface area contributed by atoms with Gasteiger partial charge in [0, 0.05) is 19.3 Å². The van der Waals surface area contributed by atoms with Crippen LogP contribution in [0.5, 0.6) is 0 Å². The minimum atomic E-state index is 0.941. The molecule has 0 spiro atoms. The summed E-state index contributed by atoms with van der Waals surface area (Å²) in [4.78, 5) is 4.50. The smallest absolute Gasteiger partial charge is 0.203 e. The number of anilines is 1. The van der Waals surface area contributed by atoms with Crippen molar-refractivity contribution in [2.45, 2.75) is 33.2 Å². The molecule has 0 saturated carbocycles. The molecule has 2 heterocycles. The van der Waals surface area contributed by atoms with Gasteiger partial charge in [-0.1, -0.05) is 6.92 Å². The summed E-state index contributed by atoms with van der Waals surface area (Å²) in [5.74, 6) is 1.000. The predicted octanol–water partition coefficient (Wildman–Crippen LogP) is 3.32. The number of imidazole rings is 1. The second-order valence-electron chi connectivity index (χ2n) is 4.21.